The third-order valence-electron chi connectivity index (χ3n) is 2.88. The van der Waals surface area contributed by atoms with Crippen LogP contribution in [0.15, 0.2) is 0 Å². The van der Waals surface area contributed by atoms with Crippen molar-refractivity contribution in [3.05, 3.63) is 0 Å². The van der Waals surface area contributed by atoms with Crippen molar-refractivity contribution in [2.75, 3.05) is 0 Å². The maximum Gasteiger partial charge on any atom is 0.246 e. The van der Waals surface area contributed by atoms with Gasteiger partial charge in [0.05, 0.1) is 6.04 Å². The number of amides is 1. The lowest BCUT2D eigenvalue weighted by Crippen LogP contribution is -2.33. The van der Waals surface area contributed by atoms with Crippen LogP contribution in [0.5, 0.6) is 0 Å². The highest BCUT2D eigenvalue weighted by molar-refractivity contribution is 5.78. The molecule has 1 saturated carbocycles. The lowest BCUT2D eigenvalue weighted by Gasteiger charge is -2.26. The Hall–Kier alpha value is -0.570. The normalized spacial score (nSPS) is 37.5. The second-order valence-corrected chi connectivity index (χ2v) is 3.55. The molecule has 0 radical (unpaired) electrons. The van der Waals surface area contributed by atoms with E-state index in [9.17, 15) is 10.0 Å². The van der Waals surface area contributed by atoms with Gasteiger partial charge in [0.2, 0.25) is 5.91 Å². The number of hydrogen-bond donors (Lipinski definition) is 1. The fourth-order valence-corrected chi connectivity index (χ4v) is 2.25. The van der Waals surface area contributed by atoms with Gasteiger partial charge in [-0.15, -0.1) is 0 Å². The van der Waals surface area contributed by atoms with Crippen LogP contribution in [0.25, 0.3) is 0 Å². The SMILES string of the molecule is O=C1C[C@H]2CCCC[C@H]2N1O. The zero-order valence-electron chi connectivity index (χ0n) is 6.49. The molecule has 1 heterocycles. The molecule has 3 nitrogen and oxygen atoms in total. The average Bonchev–Trinajstić information content (AvgIpc) is 2.30. The molecule has 3 heteroatoms. The van der Waals surface area contributed by atoms with E-state index in [4.69, 9.17) is 0 Å². The minimum atomic E-state index is -0.0816. The van der Waals surface area contributed by atoms with Crippen LogP contribution in [0.1, 0.15) is 32.1 Å². The molecule has 62 valence electrons. The van der Waals surface area contributed by atoms with Crippen LogP contribution in [0.2, 0.25) is 0 Å². The lowest BCUT2D eigenvalue weighted by molar-refractivity contribution is -0.167. The van der Waals surface area contributed by atoms with E-state index in [1.54, 1.807) is 0 Å². The maximum atomic E-state index is 11.0. The van der Waals surface area contributed by atoms with Gasteiger partial charge < -0.3 is 0 Å². The highest BCUT2D eigenvalue weighted by atomic mass is 16.5. The second-order valence-electron chi connectivity index (χ2n) is 3.55. The van der Waals surface area contributed by atoms with Crippen molar-refractivity contribution in [3.8, 4) is 0 Å². The molecule has 0 aromatic rings. The van der Waals surface area contributed by atoms with Crippen molar-refractivity contribution in [2.24, 2.45) is 5.92 Å². The Morgan fingerprint density at radius 1 is 1.36 bits per heavy atom. The number of fused-ring (bicyclic) bond motifs is 1. The first-order chi connectivity index (χ1) is 5.29. The Morgan fingerprint density at radius 2 is 2.09 bits per heavy atom. The summed E-state index contributed by atoms with van der Waals surface area (Å²) in [5, 5.41) is 10.2. The molecule has 0 aromatic carbocycles. The summed E-state index contributed by atoms with van der Waals surface area (Å²) in [6.45, 7) is 0. The van der Waals surface area contributed by atoms with Crippen LogP contribution >= 0.6 is 0 Å². The van der Waals surface area contributed by atoms with Crippen LogP contribution in [-0.4, -0.2) is 22.2 Å². The Labute approximate surface area is 66.0 Å². The monoisotopic (exact) mass is 155 g/mol. The molecule has 1 aliphatic carbocycles. The first kappa shape index (κ1) is 7.10. The smallest absolute Gasteiger partial charge is 0.246 e. The maximum absolute atomic E-state index is 11.0. The number of nitrogens with zero attached hydrogens (tertiary/aromatic N) is 1. The van der Waals surface area contributed by atoms with Crippen molar-refractivity contribution < 1.29 is 10.0 Å². The molecule has 1 amide bonds. The third kappa shape index (κ3) is 1.03. The lowest BCUT2D eigenvalue weighted by atomic mass is 9.85. The van der Waals surface area contributed by atoms with Crippen molar-refractivity contribution in [1.82, 2.24) is 5.06 Å². The van der Waals surface area contributed by atoms with Gasteiger partial charge in [0.25, 0.3) is 0 Å². The highest BCUT2D eigenvalue weighted by Gasteiger charge is 2.40. The number of carbonyl (C=O) groups is 1. The minimum Gasteiger partial charge on any atom is -0.286 e. The molecule has 0 spiro atoms. The molecular formula is C8H13NO2. The molecule has 11 heavy (non-hydrogen) atoms. The van der Waals surface area contributed by atoms with Gasteiger partial charge in [0.1, 0.15) is 0 Å². The zero-order valence-corrected chi connectivity index (χ0v) is 6.49. The van der Waals surface area contributed by atoms with Gasteiger partial charge in [-0.25, -0.2) is 5.06 Å². The first-order valence-electron chi connectivity index (χ1n) is 4.30. The van der Waals surface area contributed by atoms with E-state index in [1.165, 1.54) is 6.42 Å². The van der Waals surface area contributed by atoms with Crippen molar-refractivity contribution >= 4 is 5.91 Å². The summed E-state index contributed by atoms with van der Waals surface area (Å²) in [6.07, 6.45) is 5.06. The molecule has 1 saturated heterocycles. The van der Waals surface area contributed by atoms with Gasteiger partial charge in [0.15, 0.2) is 0 Å². The Morgan fingerprint density at radius 3 is 2.82 bits per heavy atom. The van der Waals surface area contributed by atoms with Crippen molar-refractivity contribution in [1.29, 1.82) is 0 Å². The zero-order chi connectivity index (χ0) is 7.84. The molecule has 0 aromatic heterocycles. The molecule has 2 aliphatic rings. The van der Waals surface area contributed by atoms with Crippen molar-refractivity contribution in [3.63, 3.8) is 0 Å². The largest absolute Gasteiger partial charge is 0.286 e. The number of rotatable bonds is 0. The van der Waals surface area contributed by atoms with E-state index >= 15 is 0 Å². The minimum absolute atomic E-state index is 0.0816. The van der Waals surface area contributed by atoms with Crippen LogP contribution in [0, 0.1) is 5.92 Å². The van der Waals surface area contributed by atoms with E-state index < -0.39 is 0 Å². The van der Waals surface area contributed by atoms with Crippen LogP contribution in [-0.2, 0) is 4.79 Å². The third-order valence-corrected chi connectivity index (χ3v) is 2.88. The van der Waals surface area contributed by atoms with Crippen LogP contribution in [0.3, 0.4) is 0 Å². The number of hydroxylamine groups is 2. The van der Waals surface area contributed by atoms with Gasteiger partial charge >= 0.3 is 0 Å². The highest BCUT2D eigenvalue weighted by Crippen LogP contribution is 2.35. The summed E-state index contributed by atoms with van der Waals surface area (Å²) in [7, 11) is 0. The summed E-state index contributed by atoms with van der Waals surface area (Å²) < 4.78 is 0. The van der Waals surface area contributed by atoms with E-state index in [1.807, 2.05) is 0 Å². The van der Waals surface area contributed by atoms with E-state index in [0.717, 1.165) is 24.3 Å². The quantitative estimate of drug-likeness (QED) is 0.533. The molecule has 1 aliphatic heterocycles. The van der Waals surface area contributed by atoms with Gasteiger partial charge in [-0.3, -0.25) is 10.0 Å². The van der Waals surface area contributed by atoms with Crippen LogP contribution < -0.4 is 0 Å². The van der Waals surface area contributed by atoms with Gasteiger partial charge in [0, 0.05) is 6.42 Å². The van der Waals surface area contributed by atoms with E-state index in [0.29, 0.717) is 12.3 Å². The first-order valence-corrected chi connectivity index (χ1v) is 4.30. The van der Waals surface area contributed by atoms with E-state index in [-0.39, 0.29) is 11.9 Å². The summed E-state index contributed by atoms with van der Waals surface area (Å²) in [5.41, 5.74) is 0. The number of carbonyl (C=O) groups excluding carboxylic acids is 1. The molecule has 2 atom stereocenters. The summed E-state index contributed by atoms with van der Waals surface area (Å²) in [5.74, 6) is 0.364. The summed E-state index contributed by atoms with van der Waals surface area (Å²) in [6, 6.07) is 0.149. The predicted octanol–water partition coefficient (Wildman–Crippen LogP) is 1.17. The molecular weight excluding hydrogens is 142 g/mol. The van der Waals surface area contributed by atoms with Gasteiger partial charge in [-0.1, -0.05) is 12.8 Å². The topological polar surface area (TPSA) is 40.5 Å². The molecule has 1 N–H and O–H groups in total. The number of hydrogen-bond acceptors (Lipinski definition) is 2. The van der Waals surface area contributed by atoms with Crippen LogP contribution in [0.4, 0.5) is 0 Å². The fraction of sp³-hybridized carbons (Fsp3) is 0.875. The van der Waals surface area contributed by atoms with E-state index in [2.05, 4.69) is 0 Å². The molecule has 0 bridgehead atoms. The standard InChI is InChI=1S/C8H13NO2/c10-8-5-6-3-1-2-4-7(6)9(8)11/h6-7,11H,1-5H2/t6-,7-/m1/s1. The fourth-order valence-electron chi connectivity index (χ4n) is 2.25. The summed E-state index contributed by atoms with van der Waals surface area (Å²) in [4.78, 5) is 11.0. The van der Waals surface area contributed by atoms with Gasteiger partial charge in [-0.05, 0) is 18.8 Å². The van der Waals surface area contributed by atoms with Crippen molar-refractivity contribution in [2.45, 2.75) is 38.1 Å². The molecule has 2 fully saturated rings. The Bertz CT molecular complexity index is 181. The Kier molecular flexibility index (Phi) is 1.60. The Balaban J connectivity index is 2.11. The average molecular weight is 155 g/mol. The summed E-state index contributed by atoms with van der Waals surface area (Å²) >= 11 is 0. The molecule has 0 unspecified atom stereocenters. The van der Waals surface area contributed by atoms with Gasteiger partial charge in [-0.2, -0.15) is 0 Å². The predicted molar refractivity (Wildman–Crippen MR) is 39.0 cm³/mol. The molecule has 2 rings (SSSR count). The second kappa shape index (κ2) is 2.48.